The average Bonchev–Trinajstić information content (AvgIpc) is 3.00. The Balaban J connectivity index is 1.80. The third kappa shape index (κ3) is 4.05. The van der Waals surface area contributed by atoms with Gasteiger partial charge in [-0.3, -0.25) is 9.69 Å². The molecule has 1 unspecified atom stereocenters. The Hall–Kier alpha value is -1.86. The molecule has 1 amide bonds. The molecule has 21 heavy (non-hydrogen) atoms. The number of piperazine rings is 1. The molecule has 116 valence electrons. The zero-order valence-corrected chi connectivity index (χ0v) is 12.2. The highest BCUT2D eigenvalue weighted by Gasteiger charge is 2.30. The van der Waals surface area contributed by atoms with Crippen LogP contribution in [0.25, 0.3) is 0 Å². The molecule has 7 nitrogen and oxygen atoms in total. The first-order valence-electron chi connectivity index (χ1n) is 7.07. The van der Waals surface area contributed by atoms with Crippen molar-refractivity contribution in [2.75, 3.05) is 32.8 Å². The highest BCUT2D eigenvalue weighted by atomic mass is 16.5. The second kappa shape index (κ2) is 7.24. The molecule has 1 saturated heterocycles. The van der Waals surface area contributed by atoms with Crippen LogP contribution in [0.2, 0.25) is 0 Å². The van der Waals surface area contributed by atoms with Crippen LogP contribution in [0.4, 0.5) is 0 Å². The fourth-order valence-electron chi connectivity index (χ4n) is 2.28. The summed E-state index contributed by atoms with van der Waals surface area (Å²) in [5.74, 6) is -0.135. The largest absolute Gasteiger partial charge is 0.468 e. The van der Waals surface area contributed by atoms with Crippen LogP contribution in [0.15, 0.2) is 22.8 Å². The lowest BCUT2D eigenvalue weighted by Crippen LogP contribution is -2.55. The fourth-order valence-corrected chi connectivity index (χ4v) is 2.28. The molecule has 1 aliphatic heterocycles. The Morgan fingerprint density at radius 2 is 2.10 bits per heavy atom. The maximum Gasteiger partial charge on any atom is 0.332 e. The summed E-state index contributed by atoms with van der Waals surface area (Å²) in [5, 5.41) is 0. The van der Waals surface area contributed by atoms with Gasteiger partial charge in [-0.1, -0.05) is 0 Å². The van der Waals surface area contributed by atoms with Gasteiger partial charge in [0.2, 0.25) is 0 Å². The lowest BCUT2D eigenvalue weighted by molar-refractivity contribution is -0.151. The van der Waals surface area contributed by atoms with Crippen LogP contribution in [0.1, 0.15) is 12.7 Å². The quantitative estimate of drug-likeness (QED) is 0.598. The molecule has 1 fully saturated rings. The molecule has 1 atom stereocenters. The number of amides is 1. The molecule has 1 aliphatic rings. The summed E-state index contributed by atoms with van der Waals surface area (Å²) in [6.07, 6.45) is 1.65. The van der Waals surface area contributed by atoms with Gasteiger partial charge in [0, 0.05) is 26.2 Å². The summed E-state index contributed by atoms with van der Waals surface area (Å²) in [6, 6.07) is 2.56. The second-order valence-electron chi connectivity index (χ2n) is 4.91. The number of hydrogen-bond acceptors (Lipinski definition) is 6. The van der Waals surface area contributed by atoms with Gasteiger partial charge in [-0.15, -0.1) is 0 Å². The Morgan fingerprint density at radius 1 is 1.38 bits per heavy atom. The van der Waals surface area contributed by atoms with E-state index in [2.05, 4.69) is 4.90 Å². The monoisotopic (exact) mass is 295 g/mol. The maximum atomic E-state index is 12.1. The van der Waals surface area contributed by atoms with E-state index in [0.29, 0.717) is 13.1 Å². The van der Waals surface area contributed by atoms with Gasteiger partial charge in [-0.2, -0.15) is 0 Å². The van der Waals surface area contributed by atoms with Crippen molar-refractivity contribution in [3.05, 3.63) is 24.2 Å². The minimum Gasteiger partial charge on any atom is -0.468 e. The molecule has 0 aliphatic carbocycles. The predicted octanol–water partition coefficient (Wildman–Crippen LogP) is -0.186. The van der Waals surface area contributed by atoms with Crippen LogP contribution in [0.5, 0.6) is 0 Å². The number of nitrogens with two attached hydrogens (primary N) is 1. The van der Waals surface area contributed by atoms with Crippen molar-refractivity contribution in [2.45, 2.75) is 19.5 Å². The summed E-state index contributed by atoms with van der Waals surface area (Å²) in [7, 11) is 0. The van der Waals surface area contributed by atoms with Gasteiger partial charge < -0.3 is 19.8 Å². The van der Waals surface area contributed by atoms with Gasteiger partial charge in [-0.05, 0) is 19.1 Å². The van der Waals surface area contributed by atoms with Crippen molar-refractivity contribution >= 4 is 11.9 Å². The number of nitrogens with zero attached hydrogens (tertiary/aromatic N) is 2. The highest BCUT2D eigenvalue weighted by molar-refractivity contribution is 6.01. The molecule has 0 radical (unpaired) electrons. The van der Waals surface area contributed by atoms with E-state index in [1.54, 1.807) is 18.1 Å². The minimum absolute atomic E-state index is 0.219. The molecule has 7 heteroatoms. The number of carbonyl (C=O) groups is 2. The summed E-state index contributed by atoms with van der Waals surface area (Å²) in [4.78, 5) is 27.4. The van der Waals surface area contributed by atoms with E-state index in [1.807, 2.05) is 12.1 Å². The zero-order valence-electron chi connectivity index (χ0n) is 12.2. The first kappa shape index (κ1) is 15.5. The first-order valence-corrected chi connectivity index (χ1v) is 7.07. The summed E-state index contributed by atoms with van der Waals surface area (Å²) < 4.78 is 10.1. The number of carbonyl (C=O) groups excluding carboxylic acids is 2. The molecule has 2 rings (SSSR count). The zero-order chi connectivity index (χ0) is 15.2. The molecular weight excluding hydrogens is 274 g/mol. The topological polar surface area (TPSA) is 89.0 Å². The van der Waals surface area contributed by atoms with Gasteiger partial charge in [0.15, 0.2) is 6.04 Å². The molecule has 2 N–H and O–H groups in total. The Bertz CT molecular complexity index is 467. The molecule has 0 spiro atoms. The van der Waals surface area contributed by atoms with E-state index in [-0.39, 0.29) is 12.5 Å². The van der Waals surface area contributed by atoms with Crippen LogP contribution in [0.3, 0.4) is 0 Å². The number of ether oxygens (including phenoxy) is 1. The number of esters is 1. The smallest absolute Gasteiger partial charge is 0.332 e. The van der Waals surface area contributed by atoms with Crippen LogP contribution in [-0.4, -0.2) is 60.5 Å². The van der Waals surface area contributed by atoms with Crippen LogP contribution < -0.4 is 5.73 Å². The third-order valence-corrected chi connectivity index (χ3v) is 3.45. The van der Waals surface area contributed by atoms with Crippen molar-refractivity contribution in [2.24, 2.45) is 5.73 Å². The highest BCUT2D eigenvalue weighted by Crippen LogP contribution is 2.09. The molecule has 2 heterocycles. The summed E-state index contributed by atoms with van der Waals surface area (Å²) >= 11 is 0. The van der Waals surface area contributed by atoms with Gasteiger partial charge in [0.25, 0.3) is 5.91 Å². The lowest BCUT2D eigenvalue weighted by Gasteiger charge is -2.35. The Morgan fingerprint density at radius 3 is 2.67 bits per heavy atom. The van der Waals surface area contributed by atoms with E-state index in [0.717, 1.165) is 25.4 Å². The Labute approximate surface area is 123 Å². The Kier molecular flexibility index (Phi) is 5.35. The summed E-state index contributed by atoms with van der Waals surface area (Å²) in [5.41, 5.74) is 5.63. The van der Waals surface area contributed by atoms with Crippen LogP contribution >= 0.6 is 0 Å². The van der Waals surface area contributed by atoms with E-state index in [1.165, 1.54) is 0 Å². The van der Waals surface area contributed by atoms with E-state index in [4.69, 9.17) is 14.9 Å². The van der Waals surface area contributed by atoms with E-state index >= 15 is 0 Å². The van der Waals surface area contributed by atoms with Gasteiger partial charge in [0.05, 0.1) is 19.4 Å². The fraction of sp³-hybridized carbons (Fsp3) is 0.571. The molecule has 1 aromatic heterocycles. The van der Waals surface area contributed by atoms with E-state index in [9.17, 15) is 9.59 Å². The van der Waals surface area contributed by atoms with Crippen molar-refractivity contribution < 1.29 is 18.7 Å². The van der Waals surface area contributed by atoms with Crippen molar-refractivity contribution in [3.63, 3.8) is 0 Å². The van der Waals surface area contributed by atoms with Crippen LogP contribution in [-0.2, 0) is 20.9 Å². The lowest BCUT2D eigenvalue weighted by atomic mass is 10.2. The van der Waals surface area contributed by atoms with Crippen molar-refractivity contribution in [1.29, 1.82) is 0 Å². The molecule has 0 bridgehead atoms. The second-order valence-corrected chi connectivity index (χ2v) is 4.91. The number of hydrogen-bond donors (Lipinski definition) is 1. The third-order valence-electron chi connectivity index (χ3n) is 3.45. The molecule has 0 saturated carbocycles. The maximum absolute atomic E-state index is 12.1. The van der Waals surface area contributed by atoms with Crippen molar-refractivity contribution in [3.8, 4) is 0 Å². The van der Waals surface area contributed by atoms with Gasteiger partial charge in [0.1, 0.15) is 5.76 Å². The first-order chi connectivity index (χ1) is 10.1. The SMILES string of the molecule is CCOC(=O)C(N)C(=O)N1CCN(Cc2ccco2)CC1. The van der Waals surface area contributed by atoms with Crippen LogP contribution in [0, 0.1) is 0 Å². The van der Waals surface area contributed by atoms with Gasteiger partial charge in [-0.25, -0.2) is 4.79 Å². The molecule has 1 aromatic rings. The van der Waals surface area contributed by atoms with E-state index < -0.39 is 12.0 Å². The van der Waals surface area contributed by atoms with Crippen molar-refractivity contribution in [1.82, 2.24) is 9.80 Å². The number of rotatable bonds is 5. The predicted molar refractivity (Wildman–Crippen MR) is 75.2 cm³/mol. The standard InChI is InChI=1S/C14H21N3O4/c1-2-20-14(19)12(15)13(18)17-7-5-16(6-8-17)10-11-4-3-9-21-11/h3-4,9,12H,2,5-8,10,15H2,1H3. The summed E-state index contributed by atoms with van der Waals surface area (Å²) in [6.45, 7) is 5.17. The molecule has 0 aromatic carbocycles. The molecular formula is C14H21N3O4. The minimum atomic E-state index is -1.22. The van der Waals surface area contributed by atoms with Gasteiger partial charge >= 0.3 is 5.97 Å². The normalized spacial score (nSPS) is 17.5. The number of furan rings is 1. The average molecular weight is 295 g/mol.